The van der Waals surface area contributed by atoms with Crippen molar-refractivity contribution in [2.24, 2.45) is 0 Å². The Kier molecular flexibility index (Phi) is 5.40. The van der Waals surface area contributed by atoms with Crippen LogP contribution in [-0.4, -0.2) is 18.5 Å². The molecule has 0 spiro atoms. The van der Waals surface area contributed by atoms with Crippen LogP contribution in [0.2, 0.25) is 0 Å². The van der Waals surface area contributed by atoms with Gasteiger partial charge in [0.05, 0.1) is 16.6 Å². The molecule has 150 valence electrons. The highest BCUT2D eigenvalue weighted by atomic mass is 19.4. The Balaban J connectivity index is 1.70. The number of carbonyl (C=O) groups is 2. The van der Waals surface area contributed by atoms with E-state index in [0.717, 1.165) is 23.8 Å². The van der Waals surface area contributed by atoms with Crippen molar-refractivity contribution >= 4 is 28.5 Å². The molecular weight excluding hydrogens is 391 g/mol. The van der Waals surface area contributed by atoms with E-state index in [1.54, 1.807) is 19.1 Å². The number of aryl methyl sites for hydroxylation is 1. The Hall–Kier alpha value is -3.62. The summed E-state index contributed by atoms with van der Waals surface area (Å²) in [6, 6.07) is 10.1. The lowest BCUT2D eigenvalue weighted by molar-refractivity contribution is -0.137. The number of alkyl halides is 3. The summed E-state index contributed by atoms with van der Waals surface area (Å²) in [6.07, 6.45) is -4.66. The fourth-order valence-corrected chi connectivity index (χ4v) is 2.60. The normalized spacial score (nSPS) is 11.3. The summed E-state index contributed by atoms with van der Waals surface area (Å²) in [5.41, 5.74) is -0.968. The Morgan fingerprint density at radius 3 is 2.55 bits per heavy atom. The van der Waals surface area contributed by atoms with Crippen LogP contribution >= 0.6 is 0 Å². The van der Waals surface area contributed by atoms with Crippen LogP contribution in [0.1, 0.15) is 21.7 Å². The van der Waals surface area contributed by atoms with Crippen molar-refractivity contribution in [1.29, 1.82) is 0 Å². The number of hydrogen-bond donors (Lipinski definition) is 1. The molecule has 0 saturated carbocycles. The van der Waals surface area contributed by atoms with Gasteiger partial charge in [-0.2, -0.15) is 13.2 Å². The van der Waals surface area contributed by atoms with Crippen molar-refractivity contribution in [2.45, 2.75) is 13.1 Å². The number of ether oxygens (including phenoxy) is 1. The minimum atomic E-state index is -4.66. The van der Waals surface area contributed by atoms with Gasteiger partial charge in [-0.25, -0.2) is 4.79 Å². The van der Waals surface area contributed by atoms with Gasteiger partial charge in [-0.05, 0) is 31.2 Å². The summed E-state index contributed by atoms with van der Waals surface area (Å²) in [7, 11) is 0. The third-order valence-electron chi connectivity index (χ3n) is 3.92. The van der Waals surface area contributed by atoms with Crippen LogP contribution in [-0.2, 0) is 15.7 Å². The van der Waals surface area contributed by atoms with Crippen LogP contribution < -0.4 is 10.7 Å². The molecule has 9 heteroatoms. The van der Waals surface area contributed by atoms with Crippen LogP contribution in [0, 0.1) is 6.92 Å². The van der Waals surface area contributed by atoms with Crippen LogP contribution in [0.4, 0.5) is 18.9 Å². The van der Waals surface area contributed by atoms with E-state index in [0.29, 0.717) is 0 Å². The number of rotatable bonds is 4. The molecule has 3 aromatic rings. The van der Waals surface area contributed by atoms with Crippen molar-refractivity contribution in [1.82, 2.24) is 0 Å². The van der Waals surface area contributed by atoms with Gasteiger partial charge >= 0.3 is 12.1 Å². The molecular formula is C20H14F3NO5. The average molecular weight is 405 g/mol. The summed E-state index contributed by atoms with van der Waals surface area (Å²) in [5, 5.41) is 2.32. The lowest BCUT2D eigenvalue weighted by Gasteiger charge is -2.13. The molecule has 6 nitrogen and oxygen atoms in total. The van der Waals surface area contributed by atoms with Crippen molar-refractivity contribution < 1.29 is 31.9 Å². The van der Waals surface area contributed by atoms with Gasteiger partial charge in [-0.1, -0.05) is 23.8 Å². The van der Waals surface area contributed by atoms with Gasteiger partial charge in [0.1, 0.15) is 5.58 Å². The van der Waals surface area contributed by atoms with Gasteiger partial charge in [0.15, 0.2) is 12.0 Å². The molecule has 3 rings (SSSR count). The van der Waals surface area contributed by atoms with E-state index in [1.165, 1.54) is 18.2 Å². The number of anilines is 1. The number of carbonyl (C=O) groups excluding carboxylic acids is 2. The van der Waals surface area contributed by atoms with Crippen LogP contribution in [0.3, 0.4) is 0 Å². The number of halogens is 3. The number of amides is 1. The predicted molar refractivity (Wildman–Crippen MR) is 97.6 cm³/mol. The number of hydrogen-bond acceptors (Lipinski definition) is 5. The molecule has 0 fully saturated rings. The standard InChI is InChI=1S/C20H14F3NO5/c1-11-6-7-16-12(8-11)15(25)9-17(29-16)19(27)28-10-18(26)24-14-5-3-2-4-13(14)20(21,22)23/h2-9H,10H2,1H3,(H,24,26). The highest BCUT2D eigenvalue weighted by molar-refractivity contribution is 5.95. The first-order chi connectivity index (χ1) is 13.6. The molecule has 0 aliphatic carbocycles. The van der Waals surface area contributed by atoms with Crippen LogP contribution in [0.25, 0.3) is 11.0 Å². The van der Waals surface area contributed by atoms with E-state index in [2.05, 4.69) is 0 Å². The first kappa shape index (κ1) is 20.1. The van der Waals surface area contributed by atoms with Crippen molar-refractivity contribution in [3.8, 4) is 0 Å². The summed E-state index contributed by atoms with van der Waals surface area (Å²) in [6.45, 7) is 0.928. The minimum Gasteiger partial charge on any atom is -0.450 e. The van der Waals surface area contributed by atoms with Gasteiger partial charge in [-0.3, -0.25) is 9.59 Å². The summed E-state index contributed by atoms with van der Waals surface area (Å²) in [4.78, 5) is 36.1. The fourth-order valence-electron chi connectivity index (χ4n) is 2.60. The van der Waals surface area contributed by atoms with E-state index < -0.39 is 47.1 Å². The maximum atomic E-state index is 12.9. The van der Waals surface area contributed by atoms with E-state index in [-0.39, 0.29) is 11.0 Å². The highest BCUT2D eigenvalue weighted by Crippen LogP contribution is 2.34. The zero-order chi connectivity index (χ0) is 21.2. The number of esters is 1. The number of benzene rings is 2. The van der Waals surface area contributed by atoms with E-state index >= 15 is 0 Å². The number of nitrogens with one attached hydrogen (secondary N) is 1. The zero-order valence-corrected chi connectivity index (χ0v) is 15.0. The Morgan fingerprint density at radius 2 is 1.83 bits per heavy atom. The fraction of sp³-hybridized carbons (Fsp3) is 0.150. The number of para-hydroxylation sites is 1. The minimum absolute atomic E-state index is 0.165. The zero-order valence-electron chi connectivity index (χ0n) is 15.0. The Labute approximate surface area is 161 Å². The van der Waals surface area contributed by atoms with Gasteiger partial charge < -0.3 is 14.5 Å². The SMILES string of the molecule is Cc1ccc2oc(C(=O)OCC(=O)Nc3ccccc3C(F)(F)F)cc(=O)c2c1. The van der Waals surface area contributed by atoms with Gasteiger partial charge in [0.2, 0.25) is 5.76 Å². The summed E-state index contributed by atoms with van der Waals surface area (Å²) < 4.78 is 48.9. The molecule has 0 unspecified atom stereocenters. The lowest BCUT2D eigenvalue weighted by Crippen LogP contribution is -2.23. The van der Waals surface area contributed by atoms with Crippen LogP contribution in [0.5, 0.6) is 0 Å². The monoisotopic (exact) mass is 405 g/mol. The summed E-state index contributed by atoms with van der Waals surface area (Å²) in [5.74, 6) is -2.49. The van der Waals surface area contributed by atoms with E-state index in [9.17, 15) is 27.6 Å². The number of fused-ring (bicyclic) bond motifs is 1. The topological polar surface area (TPSA) is 85.6 Å². The molecule has 0 radical (unpaired) electrons. The largest absolute Gasteiger partial charge is 0.450 e. The first-order valence-corrected chi connectivity index (χ1v) is 8.33. The molecule has 0 aliphatic heterocycles. The van der Waals surface area contributed by atoms with Gasteiger partial charge in [0.25, 0.3) is 5.91 Å². The molecule has 1 N–H and O–H groups in total. The second-order valence-electron chi connectivity index (χ2n) is 6.14. The Morgan fingerprint density at radius 1 is 1.10 bits per heavy atom. The van der Waals surface area contributed by atoms with Crippen molar-refractivity contribution in [3.05, 3.63) is 75.6 Å². The van der Waals surface area contributed by atoms with E-state index in [1.807, 2.05) is 5.32 Å². The van der Waals surface area contributed by atoms with Gasteiger partial charge in [0, 0.05) is 6.07 Å². The van der Waals surface area contributed by atoms with Crippen LogP contribution in [0.15, 0.2) is 57.7 Å². The molecule has 29 heavy (non-hydrogen) atoms. The average Bonchev–Trinajstić information content (AvgIpc) is 2.66. The smallest absolute Gasteiger partial charge is 0.418 e. The predicted octanol–water partition coefficient (Wildman–Crippen LogP) is 3.92. The maximum absolute atomic E-state index is 12.9. The molecule has 1 amide bonds. The molecule has 0 atom stereocenters. The molecule has 1 aromatic heterocycles. The van der Waals surface area contributed by atoms with Gasteiger partial charge in [-0.15, -0.1) is 0 Å². The molecule has 2 aromatic carbocycles. The molecule has 1 heterocycles. The van der Waals surface area contributed by atoms with Crippen molar-refractivity contribution in [3.63, 3.8) is 0 Å². The summed E-state index contributed by atoms with van der Waals surface area (Å²) >= 11 is 0. The third-order valence-corrected chi connectivity index (χ3v) is 3.92. The first-order valence-electron chi connectivity index (χ1n) is 8.33. The highest BCUT2D eigenvalue weighted by Gasteiger charge is 2.33. The molecule has 0 saturated heterocycles. The Bertz CT molecular complexity index is 1150. The lowest BCUT2D eigenvalue weighted by atomic mass is 10.1. The second kappa shape index (κ2) is 7.78. The quantitative estimate of drug-likeness (QED) is 0.665. The molecule has 0 aliphatic rings. The second-order valence-corrected chi connectivity index (χ2v) is 6.14. The van der Waals surface area contributed by atoms with E-state index in [4.69, 9.17) is 9.15 Å². The molecule has 0 bridgehead atoms. The maximum Gasteiger partial charge on any atom is 0.418 e. The van der Waals surface area contributed by atoms with Crippen molar-refractivity contribution in [2.75, 3.05) is 11.9 Å². The third kappa shape index (κ3) is 4.63.